The first-order chi connectivity index (χ1) is 16.5. The Bertz CT molecular complexity index is 1490. The first-order valence-corrected chi connectivity index (χ1v) is 11.1. The second-order valence-corrected chi connectivity index (χ2v) is 8.66. The largest absolute Gasteiger partial charge is 0.477 e. The maximum Gasteiger partial charge on any atom is 0.341 e. The van der Waals surface area contributed by atoms with Gasteiger partial charge in [0.2, 0.25) is 5.43 Å². The van der Waals surface area contributed by atoms with Crippen molar-refractivity contribution in [2.75, 3.05) is 22.9 Å². The van der Waals surface area contributed by atoms with Crippen molar-refractivity contribution in [1.29, 1.82) is 0 Å². The number of fused-ring (bicyclic) bond motifs is 2. The van der Waals surface area contributed by atoms with Gasteiger partial charge in [0, 0.05) is 32.0 Å². The molecule has 4 aromatic rings. The molecule has 0 aromatic carbocycles. The van der Waals surface area contributed by atoms with Gasteiger partial charge in [-0.1, -0.05) is 17.7 Å². The average Bonchev–Trinajstić information content (AvgIpc) is 3.23. The summed E-state index contributed by atoms with van der Waals surface area (Å²) < 4.78 is 1.48. The second-order valence-electron chi connectivity index (χ2n) is 8.25. The molecular formula is C23H18ClN7O3. The number of carbonyl (C=O) groups is 1. The van der Waals surface area contributed by atoms with Gasteiger partial charge in [0.15, 0.2) is 17.3 Å². The zero-order valence-electron chi connectivity index (χ0n) is 17.8. The molecule has 1 N–H and O–H groups in total. The van der Waals surface area contributed by atoms with Crippen molar-refractivity contribution in [2.24, 2.45) is 0 Å². The van der Waals surface area contributed by atoms with Crippen molar-refractivity contribution < 1.29 is 9.90 Å². The van der Waals surface area contributed by atoms with E-state index in [4.69, 9.17) is 16.6 Å². The third kappa shape index (κ3) is 3.26. The van der Waals surface area contributed by atoms with Crippen molar-refractivity contribution >= 4 is 40.2 Å². The van der Waals surface area contributed by atoms with Crippen LogP contribution in [0.25, 0.3) is 16.9 Å². The highest BCUT2D eigenvalue weighted by Gasteiger charge is 2.26. The van der Waals surface area contributed by atoms with Crippen LogP contribution < -0.4 is 15.2 Å². The van der Waals surface area contributed by atoms with Gasteiger partial charge in [-0.15, -0.1) is 0 Å². The Hall–Kier alpha value is -4.05. The van der Waals surface area contributed by atoms with E-state index < -0.39 is 17.0 Å². The summed E-state index contributed by atoms with van der Waals surface area (Å²) in [6.07, 6.45) is 7.28. The number of rotatable bonds is 4. The van der Waals surface area contributed by atoms with E-state index in [0.29, 0.717) is 24.7 Å². The molecule has 0 aliphatic carbocycles. The Labute approximate surface area is 198 Å². The van der Waals surface area contributed by atoms with Gasteiger partial charge in [-0.2, -0.15) is 0 Å². The number of aromatic nitrogens is 5. The van der Waals surface area contributed by atoms with Crippen molar-refractivity contribution in [3.05, 3.63) is 75.1 Å². The van der Waals surface area contributed by atoms with Crippen LogP contribution in [0.3, 0.4) is 0 Å². The van der Waals surface area contributed by atoms with Gasteiger partial charge in [-0.3, -0.25) is 14.3 Å². The highest BCUT2D eigenvalue weighted by molar-refractivity contribution is 6.33. The quantitative estimate of drug-likeness (QED) is 0.475. The van der Waals surface area contributed by atoms with Crippen LogP contribution in [0.15, 0.2) is 47.8 Å². The number of hydrogen-bond donors (Lipinski definition) is 1. The van der Waals surface area contributed by atoms with E-state index in [2.05, 4.69) is 19.9 Å². The van der Waals surface area contributed by atoms with Crippen molar-refractivity contribution in [2.45, 2.75) is 19.5 Å². The predicted molar refractivity (Wildman–Crippen MR) is 126 cm³/mol. The number of aromatic carboxylic acids is 1. The SMILES string of the molecule is O=C(O)c1cn(-c2cnc(N3CCC3)cn2)c2nc(N3Cc4cccnc4C3)c(Cl)cc2c1=O. The lowest BCUT2D eigenvalue weighted by molar-refractivity contribution is 0.0695. The molecule has 6 heterocycles. The van der Waals surface area contributed by atoms with Crippen molar-refractivity contribution in [1.82, 2.24) is 24.5 Å². The van der Waals surface area contributed by atoms with Crippen LogP contribution in [0, 0.1) is 0 Å². The molecule has 6 rings (SSSR count). The lowest BCUT2D eigenvalue weighted by Gasteiger charge is -2.31. The summed E-state index contributed by atoms with van der Waals surface area (Å²) in [5, 5.41) is 9.97. The van der Waals surface area contributed by atoms with Crippen LogP contribution in [-0.4, -0.2) is 48.7 Å². The predicted octanol–water partition coefficient (Wildman–Crippen LogP) is 2.65. The molecule has 0 radical (unpaired) electrons. The Morgan fingerprint density at radius 1 is 1.06 bits per heavy atom. The maximum absolute atomic E-state index is 12.9. The molecule has 1 fully saturated rings. The molecule has 0 atom stereocenters. The van der Waals surface area contributed by atoms with E-state index in [-0.39, 0.29) is 16.1 Å². The van der Waals surface area contributed by atoms with Gasteiger partial charge in [-0.05, 0) is 24.1 Å². The fourth-order valence-corrected chi connectivity index (χ4v) is 4.53. The Kier molecular flexibility index (Phi) is 4.70. The van der Waals surface area contributed by atoms with Gasteiger partial charge in [-0.25, -0.2) is 19.7 Å². The minimum Gasteiger partial charge on any atom is -0.477 e. The van der Waals surface area contributed by atoms with Crippen LogP contribution in [0.1, 0.15) is 28.0 Å². The smallest absolute Gasteiger partial charge is 0.341 e. The minimum absolute atomic E-state index is 0.0945. The molecule has 10 nitrogen and oxygen atoms in total. The Morgan fingerprint density at radius 2 is 1.85 bits per heavy atom. The maximum atomic E-state index is 12.9. The summed E-state index contributed by atoms with van der Waals surface area (Å²) in [5.74, 6) is 0.238. The molecule has 2 aliphatic heterocycles. The monoisotopic (exact) mass is 475 g/mol. The van der Waals surface area contributed by atoms with Crippen molar-refractivity contribution in [3.63, 3.8) is 0 Å². The number of nitrogens with zero attached hydrogens (tertiary/aromatic N) is 7. The first-order valence-electron chi connectivity index (χ1n) is 10.7. The topological polar surface area (TPSA) is 117 Å². The van der Waals surface area contributed by atoms with E-state index in [1.54, 1.807) is 18.6 Å². The molecule has 2 aliphatic rings. The summed E-state index contributed by atoms with van der Waals surface area (Å²) in [7, 11) is 0. The van der Waals surface area contributed by atoms with E-state index in [1.807, 2.05) is 17.0 Å². The standard InChI is InChI=1S/C23H18ClN7O3/c24-16-7-14-20(32)15(23(33)34)11-31(19-9-26-18(8-27-19)29-5-2-6-29)21(14)28-22(16)30-10-13-3-1-4-25-17(13)12-30/h1,3-4,7-9,11H,2,5-6,10,12H2,(H,33,34). The van der Waals surface area contributed by atoms with Gasteiger partial charge in [0.25, 0.3) is 0 Å². The van der Waals surface area contributed by atoms with Gasteiger partial charge >= 0.3 is 5.97 Å². The second kappa shape index (κ2) is 7.77. The van der Waals surface area contributed by atoms with E-state index in [9.17, 15) is 14.7 Å². The normalized spacial score (nSPS) is 14.9. The number of carboxylic acid groups (broad SMARTS) is 1. The minimum atomic E-state index is -1.34. The number of halogens is 1. The molecular weight excluding hydrogens is 458 g/mol. The molecule has 0 unspecified atom stereocenters. The van der Waals surface area contributed by atoms with Crippen LogP contribution >= 0.6 is 11.6 Å². The molecule has 0 amide bonds. The summed E-state index contributed by atoms with van der Waals surface area (Å²) in [4.78, 5) is 46.9. The number of hydrogen-bond acceptors (Lipinski definition) is 8. The lowest BCUT2D eigenvalue weighted by atomic mass is 10.2. The Morgan fingerprint density at radius 3 is 2.53 bits per heavy atom. The number of carboxylic acids is 1. The average molecular weight is 476 g/mol. The molecule has 0 saturated carbocycles. The number of pyridine rings is 3. The molecule has 34 heavy (non-hydrogen) atoms. The van der Waals surface area contributed by atoms with Crippen LogP contribution in [0.5, 0.6) is 0 Å². The fourth-order valence-electron chi connectivity index (χ4n) is 4.26. The van der Waals surface area contributed by atoms with Crippen LogP contribution in [0.2, 0.25) is 5.02 Å². The highest BCUT2D eigenvalue weighted by Crippen LogP contribution is 2.33. The third-order valence-electron chi connectivity index (χ3n) is 6.18. The summed E-state index contributed by atoms with van der Waals surface area (Å²) >= 11 is 6.55. The van der Waals surface area contributed by atoms with Crippen LogP contribution in [0.4, 0.5) is 11.6 Å². The molecule has 11 heteroatoms. The van der Waals surface area contributed by atoms with E-state index in [0.717, 1.165) is 36.6 Å². The Balaban J connectivity index is 1.51. The molecule has 0 spiro atoms. The van der Waals surface area contributed by atoms with Gasteiger partial charge < -0.3 is 14.9 Å². The van der Waals surface area contributed by atoms with E-state index in [1.165, 1.54) is 16.8 Å². The zero-order valence-corrected chi connectivity index (χ0v) is 18.6. The lowest BCUT2D eigenvalue weighted by Crippen LogP contribution is -2.37. The highest BCUT2D eigenvalue weighted by atomic mass is 35.5. The van der Waals surface area contributed by atoms with Crippen LogP contribution in [-0.2, 0) is 13.1 Å². The van der Waals surface area contributed by atoms with Gasteiger partial charge in [0.1, 0.15) is 11.4 Å². The fraction of sp³-hybridized carbons (Fsp3) is 0.217. The molecule has 1 saturated heterocycles. The summed E-state index contributed by atoms with van der Waals surface area (Å²) in [5.41, 5.74) is 1.21. The van der Waals surface area contributed by atoms with Gasteiger partial charge in [0.05, 0.1) is 35.0 Å². The molecule has 170 valence electrons. The van der Waals surface area contributed by atoms with Crippen molar-refractivity contribution in [3.8, 4) is 5.82 Å². The molecule has 4 aromatic heterocycles. The third-order valence-corrected chi connectivity index (χ3v) is 6.46. The zero-order chi connectivity index (χ0) is 23.4. The first kappa shape index (κ1) is 20.5. The summed E-state index contributed by atoms with van der Waals surface area (Å²) in [6.45, 7) is 2.95. The molecule has 0 bridgehead atoms. The summed E-state index contributed by atoms with van der Waals surface area (Å²) in [6, 6.07) is 5.36. The van der Waals surface area contributed by atoms with E-state index >= 15 is 0 Å². The number of anilines is 2.